The summed E-state index contributed by atoms with van der Waals surface area (Å²) in [5.74, 6) is 0.183. The molecule has 1 spiro atoms. The molecular weight excluding hydrogens is 228 g/mol. The van der Waals surface area contributed by atoms with Crippen molar-refractivity contribution < 1.29 is 4.79 Å². The summed E-state index contributed by atoms with van der Waals surface area (Å²) < 4.78 is 0. The van der Waals surface area contributed by atoms with E-state index in [4.69, 9.17) is 0 Å². The summed E-state index contributed by atoms with van der Waals surface area (Å²) in [6.07, 6.45) is 1.77. The van der Waals surface area contributed by atoms with Crippen LogP contribution < -0.4 is 21.7 Å². The first-order valence-electron chi connectivity index (χ1n) is 6.15. The van der Waals surface area contributed by atoms with E-state index < -0.39 is 0 Å². The number of carbonyl (C=O) groups is 1. The van der Waals surface area contributed by atoms with Crippen LogP contribution in [0.5, 0.6) is 0 Å². The number of nitrogens with zero attached hydrogens (tertiary/aromatic N) is 1. The van der Waals surface area contributed by atoms with Gasteiger partial charge in [0.05, 0.1) is 6.67 Å². The van der Waals surface area contributed by atoms with Gasteiger partial charge >= 0.3 is 0 Å². The van der Waals surface area contributed by atoms with Crippen LogP contribution in [0.4, 0.5) is 5.69 Å². The molecule has 0 atom stereocenters. The molecule has 5 N–H and O–H groups in total. The van der Waals surface area contributed by atoms with Crippen molar-refractivity contribution in [2.24, 2.45) is 0 Å². The Kier molecular flexibility index (Phi) is 3.54. The molecule has 1 amide bonds. The van der Waals surface area contributed by atoms with Gasteiger partial charge in [-0.25, -0.2) is 0 Å². The zero-order chi connectivity index (χ0) is 11.7. The van der Waals surface area contributed by atoms with Gasteiger partial charge in [0.1, 0.15) is 5.54 Å². The lowest BCUT2D eigenvalue weighted by Crippen LogP contribution is -2.55. The third-order valence-electron chi connectivity index (χ3n) is 3.84. The van der Waals surface area contributed by atoms with E-state index in [0.29, 0.717) is 6.67 Å². The fraction of sp³-hybridized carbons (Fsp3) is 0.462. The fourth-order valence-corrected chi connectivity index (χ4v) is 2.87. The van der Waals surface area contributed by atoms with Crippen molar-refractivity contribution >= 4 is 11.6 Å². The van der Waals surface area contributed by atoms with Crippen molar-refractivity contribution in [3.8, 4) is 0 Å². The summed E-state index contributed by atoms with van der Waals surface area (Å²) in [5, 5.41) is 6.31. The monoisotopic (exact) mass is 248 g/mol. The van der Waals surface area contributed by atoms with E-state index in [1.165, 1.54) is 0 Å². The highest BCUT2D eigenvalue weighted by atomic mass is 16.2. The second kappa shape index (κ2) is 4.96. The minimum atomic E-state index is -0.327. The second-order valence-corrected chi connectivity index (χ2v) is 4.71. The summed E-state index contributed by atoms with van der Waals surface area (Å²) in [6.45, 7) is 2.45. The van der Waals surface area contributed by atoms with Crippen LogP contribution in [-0.2, 0) is 4.79 Å². The molecule has 3 rings (SSSR count). The van der Waals surface area contributed by atoms with Crippen molar-refractivity contribution in [3.05, 3.63) is 30.3 Å². The van der Waals surface area contributed by atoms with Gasteiger partial charge in [0.2, 0.25) is 5.91 Å². The van der Waals surface area contributed by atoms with E-state index in [1.54, 1.807) is 0 Å². The lowest BCUT2D eigenvalue weighted by Gasteiger charge is -2.40. The van der Waals surface area contributed by atoms with E-state index >= 15 is 0 Å². The smallest absolute Gasteiger partial charge is 0.247 e. The Morgan fingerprint density at radius 3 is 2.44 bits per heavy atom. The lowest BCUT2D eigenvalue weighted by atomic mass is 9.86. The van der Waals surface area contributed by atoms with Crippen LogP contribution in [-0.4, -0.2) is 31.2 Å². The summed E-state index contributed by atoms with van der Waals surface area (Å²) in [6, 6.07) is 10.2. The Hall–Kier alpha value is -1.59. The minimum Gasteiger partial charge on any atom is -0.344 e. The van der Waals surface area contributed by atoms with Crippen LogP contribution in [0.3, 0.4) is 0 Å². The van der Waals surface area contributed by atoms with Crippen LogP contribution >= 0.6 is 0 Å². The number of benzene rings is 1. The zero-order valence-electron chi connectivity index (χ0n) is 10.5. The van der Waals surface area contributed by atoms with Crippen molar-refractivity contribution in [3.63, 3.8) is 0 Å². The van der Waals surface area contributed by atoms with Gasteiger partial charge in [0.25, 0.3) is 0 Å². The number of hydrogen-bond acceptors (Lipinski definition) is 4. The molecule has 0 radical (unpaired) electrons. The molecule has 0 unspecified atom stereocenters. The van der Waals surface area contributed by atoms with Crippen molar-refractivity contribution in [2.45, 2.75) is 18.4 Å². The number of anilines is 1. The Morgan fingerprint density at radius 2 is 1.78 bits per heavy atom. The maximum absolute atomic E-state index is 12.2. The number of para-hydroxylation sites is 1. The molecule has 0 aromatic heterocycles. The van der Waals surface area contributed by atoms with E-state index in [2.05, 4.69) is 27.7 Å². The predicted octanol–water partition coefficient (Wildman–Crippen LogP) is 0.864. The summed E-state index contributed by atoms with van der Waals surface area (Å²) >= 11 is 0. The van der Waals surface area contributed by atoms with Gasteiger partial charge < -0.3 is 21.7 Å². The van der Waals surface area contributed by atoms with Crippen LogP contribution in [0.2, 0.25) is 0 Å². The van der Waals surface area contributed by atoms with Crippen LogP contribution in [0, 0.1) is 0 Å². The van der Waals surface area contributed by atoms with Crippen LogP contribution in [0.1, 0.15) is 12.8 Å². The van der Waals surface area contributed by atoms with E-state index in [-0.39, 0.29) is 17.6 Å². The van der Waals surface area contributed by atoms with Crippen LogP contribution in [0.15, 0.2) is 30.3 Å². The highest BCUT2D eigenvalue weighted by molar-refractivity contribution is 5.93. The first kappa shape index (κ1) is 12.9. The lowest BCUT2D eigenvalue weighted by molar-refractivity contribution is -0.124. The maximum atomic E-state index is 12.2. The molecule has 0 saturated carbocycles. The molecule has 2 saturated heterocycles. The summed E-state index contributed by atoms with van der Waals surface area (Å²) in [5.41, 5.74) is 0.805. The Bertz CT molecular complexity index is 414. The van der Waals surface area contributed by atoms with Gasteiger partial charge in [-0.3, -0.25) is 4.79 Å². The highest BCUT2D eigenvalue weighted by Crippen LogP contribution is 2.34. The summed E-state index contributed by atoms with van der Waals surface area (Å²) in [4.78, 5) is 14.4. The third-order valence-corrected chi connectivity index (χ3v) is 3.84. The van der Waals surface area contributed by atoms with E-state index in [1.807, 2.05) is 18.2 Å². The Labute approximate surface area is 107 Å². The largest absolute Gasteiger partial charge is 0.344 e. The van der Waals surface area contributed by atoms with Gasteiger partial charge in [-0.1, -0.05) is 18.2 Å². The molecule has 1 aromatic carbocycles. The molecule has 98 valence electrons. The van der Waals surface area contributed by atoms with Gasteiger partial charge in [-0.2, -0.15) is 0 Å². The topological polar surface area (TPSA) is 79.4 Å². The Balaban J connectivity index is 0.00000120. The molecule has 0 aliphatic carbocycles. The third kappa shape index (κ3) is 1.85. The number of nitrogens with one attached hydrogen (secondary N) is 2. The first-order valence-corrected chi connectivity index (χ1v) is 6.15. The zero-order valence-corrected chi connectivity index (χ0v) is 10.5. The van der Waals surface area contributed by atoms with Gasteiger partial charge in [0.15, 0.2) is 0 Å². The van der Waals surface area contributed by atoms with Crippen molar-refractivity contribution in [1.29, 1.82) is 0 Å². The quantitative estimate of drug-likeness (QED) is 0.689. The minimum absolute atomic E-state index is 0. The second-order valence-electron chi connectivity index (χ2n) is 4.71. The number of rotatable bonds is 1. The molecule has 0 bridgehead atoms. The molecule has 2 heterocycles. The van der Waals surface area contributed by atoms with Crippen molar-refractivity contribution in [1.82, 2.24) is 16.8 Å². The molecule has 18 heavy (non-hydrogen) atoms. The number of hydrogen-bond donors (Lipinski definition) is 3. The van der Waals surface area contributed by atoms with E-state index in [0.717, 1.165) is 31.6 Å². The van der Waals surface area contributed by atoms with E-state index in [9.17, 15) is 4.79 Å². The highest BCUT2D eigenvalue weighted by Gasteiger charge is 2.48. The predicted molar refractivity (Wildman–Crippen MR) is 71.8 cm³/mol. The molecule has 2 aliphatic heterocycles. The van der Waals surface area contributed by atoms with Crippen LogP contribution in [0.25, 0.3) is 0 Å². The standard InChI is InChI=1S/C13H17N3O.H3N/c17-12-13(6-8-14-9-7-13)16(10-15-12)11-4-2-1-3-5-11;/h1-5,14H,6-10H2,(H,15,17);1H3. The van der Waals surface area contributed by atoms with Gasteiger partial charge in [-0.15, -0.1) is 0 Å². The maximum Gasteiger partial charge on any atom is 0.247 e. The molecule has 2 fully saturated rings. The molecular formula is C13H20N4O. The van der Waals surface area contributed by atoms with Gasteiger partial charge in [-0.05, 0) is 38.1 Å². The normalized spacial score (nSPS) is 21.6. The first-order chi connectivity index (χ1) is 8.33. The van der Waals surface area contributed by atoms with Crippen molar-refractivity contribution in [2.75, 3.05) is 24.7 Å². The van der Waals surface area contributed by atoms with Gasteiger partial charge in [0, 0.05) is 5.69 Å². The molecule has 5 nitrogen and oxygen atoms in total. The summed E-state index contributed by atoms with van der Waals surface area (Å²) in [7, 11) is 0. The molecule has 1 aromatic rings. The Morgan fingerprint density at radius 1 is 1.11 bits per heavy atom. The number of amides is 1. The fourth-order valence-electron chi connectivity index (χ4n) is 2.87. The molecule has 5 heteroatoms. The average molecular weight is 248 g/mol. The molecule has 2 aliphatic rings. The SMILES string of the molecule is N.O=C1NCN(c2ccccc2)C12CCNCC2. The number of piperidine rings is 1. The average Bonchev–Trinajstić information content (AvgIpc) is 2.69. The number of carbonyl (C=O) groups excluding carboxylic acids is 1.